The van der Waals surface area contributed by atoms with Gasteiger partial charge in [0.15, 0.2) is 0 Å². The molecule has 3 heteroatoms. The van der Waals surface area contributed by atoms with Gasteiger partial charge < -0.3 is 4.74 Å². The number of alkyl halides is 1. The summed E-state index contributed by atoms with van der Waals surface area (Å²) in [6.07, 6.45) is 0. The van der Waals surface area contributed by atoms with Gasteiger partial charge in [-0.1, -0.05) is 35.9 Å². The number of hydrogen-bond donors (Lipinski definition) is 0. The largest absolute Gasteiger partial charge is 0.488 e. The van der Waals surface area contributed by atoms with E-state index in [1.165, 1.54) is 6.07 Å². The fourth-order valence-corrected chi connectivity index (χ4v) is 1.93. The first kappa shape index (κ1) is 12.9. The average Bonchev–Trinajstić information content (AvgIpc) is 2.39. The molecule has 0 radical (unpaired) electrons. The molecule has 0 saturated heterocycles. The molecule has 94 valence electrons. The fraction of sp³-hybridized carbons (Fsp3) is 0.200. The molecule has 0 unspecified atom stereocenters. The van der Waals surface area contributed by atoms with Crippen LogP contribution in [0, 0.1) is 12.7 Å². The second-order valence-electron chi connectivity index (χ2n) is 4.12. The highest BCUT2D eigenvalue weighted by Gasteiger charge is 2.05. The molecule has 0 aliphatic rings. The van der Waals surface area contributed by atoms with E-state index in [4.69, 9.17) is 16.3 Å². The maximum atomic E-state index is 13.4. The Balaban J connectivity index is 2.13. The van der Waals surface area contributed by atoms with Crippen molar-refractivity contribution in [2.24, 2.45) is 0 Å². The summed E-state index contributed by atoms with van der Waals surface area (Å²) in [6, 6.07) is 12.4. The van der Waals surface area contributed by atoms with E-state index in [1.54, 1.807) is 18.2 Å². The van der Waals surface area contributed by atoms with Crippen molar-refractivity contribution in [1.29, 1.82) is 0 Å². The third-order valence-electron chi connectivity index (χ3n) is 2.70. The van der Waals surface area contributed by atoms with Gasteiger partial charge in [0.05, 0.1) is 5.88 Å². The van der Waals surface area contributed by atoms with Crippen molar-refractivity contribution in [1.82, 2.24) is 0 Å². The third-order valence-corrected chi connectivity index (χ3v) is 2.99. The lowest BCUT2D eigenvalue weighted by Crippen LogP contribution is -2.00. The van der Waals surface area contributed by atoms with Crippen LogP contribution in [0.3, 0.4) is 0 Å². The smallest absolute Gasteiger partial charge is 0.129 e. The van der Waals surface area contributed by atoms with Crippen LogP contribution in [0.4, 0.5) is 4.39 Å². The van der Waals surface area contributed by atoms with Gasteiger partial charge in [0.2, 0.25) is 0 Å². The normalized spacial score (nSPS) is 10.4. The van der Waals surface area contributed by atoms with E-state index in [1.807, 2.05) is 25.1 Å². The van der Waals surface area contributed by atoms with Crippen LogP contribution in [0.25, 0.3) is 0 Å². The number of aryl methyl sites for hydroxylation is 1. The standard InChI is InChI=1S/C15H14ClFO/c1-11-6-7-15(13(8-11)9-16)18-10-12-4-2-3-5-14(12)17/h2-8H,9-10H2,1H3. The molecule has 0 spiro atoms. The number of hydrogen-bond acceptors (Lipinski definition) is 1. The quantitative estimate of drug-likeness (QED) is 0.741. The summed E-state index contributed by atoms with van der Waals surface area (Å²) in [5.41, 5.74) is 2.59. The first-order valence-corrected chi connectivity index (χ1v) is 6.26. The van der Waals surface area contributed by atoms with Crippen molar-refractivity contribution in [3.8, 4) is 5.75 Å². The summed E-state index contributed by atoms with van der Waals surface area (Å²) in [5.74, 6) is 0.838. The number of rotatable bonds is 4. The topological polar surface area (TPSA) is 9.23 Å². The Morgan fingerprint density at radius 2 is 1.89 bits per heavy atom. The molecule has 2 aromatic carbocycles. The van der Waals surface area contributed by atoms with Crippen molar-refractivity contribution in [2.45, 2.75) is 19.4 Å². The van der Waals surface area contributed by atoms with Crippen LogP contribution in [0.2, 0.25) is 0 Å². The van der Waals surface area contributed by atoms with Gasteiger partial charge in [-0.25, -0.2) is 4.39 Å². The lowest BCUT2D eigenvalue weighted by molar-refractivity contribution is 0.297. The molecule has 0 heterocycles. The zero-order valence-corrected chi connectivity index (χ0v) is 10.9. The van der Waals surface area contributed by atoms with Crippen molar-refractivity contribution in [2.75, 3.05) is 0 Å². The van der Waals surface area contributed by atoms with Crippen LogP contribution >= 0.6 is 11.6 Å². The van der Waals surface area contributed by atoms with Crippen LogP contribution in [-0.2, 0) is 12.5 Å². The van der Waals surface area contributed by atoms with E-state index in [-0.39, 0.29) is 12.4 Å². The summed E-state index contributed by atoms with van der Waals surface area (Å²) in [4.78, 5) is 0. The van der Waals surface area contributed by atoms with Gasteiger partial charge in [-0.15, -0.1) is 11.6 Å². The highest BCUT2D eigenvalue weighted by molar-refractivity contribution is 6.17. The summed E-state index contributed by atoms with van der Waals surface area (Å²) >= 11 is 5.86. The van der Waals surface area contributed by atoms with Crippen LogP contribution in [0.5, 0.6) is 5.75 Å². The Labute approximate surface area is 111 Å². The molecule has 0 amide bonds. The van der Waals surface area contributed by atoms with Crippen molar-refractivity contribution in [3.63, 3.8) is 0 Å². The SMILES string of the molecule is Cc1ccc(OCc2ccccc2F)c(CCl)c1. The number of halogens is 2. The second kappa shape index (κ2) is 5.87. The Morgan fingerprint density at radius 1 is 1.11 bits per heavy atom. The van der Waals surface area contributed by atoms with E-state index >= 15 is 0 Å². The summed E-state index contributed by atoms with van der Waals surface area (Å²) in [5, 5.41) is 0. The first-order chi connectivity index (χ1) is 8.70. The minimum absolute atomic E-state index is 0.208. The molecule has 0 fully saturated rings. The molecule has 1 nitrogen and oxygen atoms in total. The monoisotopic (exact) mass is 264 g/mol. The molecule has 0 aromatic heterocycles. The molecule has 0 N–H and O–H groups in total. The predicted molar refractivity (Wildman–Crippen MR) is 71.5 cm³/mol. The molecule has 2 aromatic rings. The van der Waals surface area contributed by atoms with Crippen LogP contribution in [0.1, 0.15) is 16.7 Å². The number of benzene rings is 2. The zero-order valence-electron chi connectivity index (χ0n) is 10.1. The summed E-state index contributed by atoms with van der Waals surface area (Å²) in [7, 11) is 0. The molecule has 0 aliphatic heterocycles. The van der Waals surface area contributed by atoms with Gasteiger partial charge in [0.1, 0.15) is 18.2 Å². The minimum atomic E-state index is -0.253. The van der Waals surface area contributed by atoms with E-state index in [2.05, 4.69) is 0 Å². The van der Waals surface area contributed by atoms with E-state index < -0.39 is 0 Å². The molecule has 0 aliphatic carbocycles. The van der Waals surface area contributed by atoms with Crippen molar-refractivity contribution < 1.29 is 9.13 Å². The van der Waals surface area contributed by atoms with Crippen molar-refractivity contribution in [3.05, 3.63) is 65.0 Å². The third kappa shape index (κ3) is 3.02. The van der Waals surface area contributed by atoms with Gasteiger partial charge in [-0.3, -0.25) is 0 Å². The number of ether oxygens (including phenoxy) is 1. The fourth-order valence-electron chi connectivity index (χ4n) is 1.72. The molecule has 0 saturated carbocycles. The Bertz CT molecular complexity index is 540. The molecular formula is C15H14ClFO. The highest BCUT2D eigenvalue weighted by atomic mass is 35.5. The van der Waals surface area contributed by atoms with E-state index in [0.717, 1.165) is 11.1 Å². The van der Waals surface area contributed by atoms with Gasteiger partial charge >= 0.3 is 0 Å². The zero-order chi connectivity index (χ0) is 13.0. The van der Waals surface area contributed by atoms with Gasteiger partial charge in [-0.2, -0.15) is 0 Å². The van der Waals surface area contributed by atoms with Crippen LogP contribution in [0.15, 0.2) is 42.5 Å². The molecule has 2 rings (SSSR count). The summed E-state index contributed by atoms with van der Waals surface area (Å²) < 4.78 is 19.1. The molecular weight excluding hydrogens is 251 g/mol. The predicted octanol–water partition coefficient (Wildman–Crippen LogP) is 4.45. The van der Waals surface area contributed by atoms with Gasteiger partial charge in [0.25, 0.3) is 0 Å². The Kier molecular flexibility index (Phi) is 4.21. The minimum Gasteiger partial charge on any atom is -0.488 e. The molecule has 0 bridgehead atoms. The lowest BCUT2D eigenvalue weighted by Gasteiger charge is -2.11. The first-order valence-electron chi connectivity index (χ1n) is 5.72. The van der Waals surface area contributed by atoms with Gasteiger partial charge in [0, 0.05) is 11.1 Å². The van der Waals surface area contributed by atoms with Gasteiger partial charge in [-0.05, 0) is 19.1 Å². The van der Waals surface area contributed by atoms with Crippen molar-refractivity contribution >= 4 is 11.6 Å². The Hall–Kier alpha value is -1.54. The average molecular weight is 265 g/mol. The second-order valence-corrected chi connectivity index (χ2v) is 4.39. The molecule has 0 atom stereocenters. The lowest BCUT2D eigenvalue weighted by atomic mass is 10.1. The maximum absolute atomic E-state index is 13.4. The maximum Gasteiger partial charge on any atom is 0.129 e. The highest BCUT2D eigenvalue weighted by Crippen LogP contribution is 2.23. The van der Waals surface area contributed by atoms with Crippen LogP contribution in [-0.4, -0.2) is 0 Å². The van der Waals surface area contributed by atoms with E-state index in [0.29, 0.717) is 17.2 Å². The molecule has 18 heavy (non-hydrogen) atoms. The Morgan fingerprint density at radius 3 is 2.61 bits per heavy atom. The summed E-state index contributed by atoms with van der Waals surface area (Å²) in [6.45, 7) is 2.20. The van der Waals surface area contributed by atoms with Crippen LogP contribution < -0.4 is 4.74 Å². The van der Waals surface area contributed by atoms with E-state index in [9.17, 15) is 4.39 Å².